The first kappa shape index (κ1) is 15.7. The minimum atomic E-state index is -0.157. The molecular formula is C19H24FN. The fraction of sp³-hybridized carbons (Fsp3) is 0.368. The van der Waals surface area contributed by atoms with E-state index in [4.69, 9.17) is 0 Å². The summed E-state index contributed by atoms with van der Waals surface area (Å²) in [6, 6.07) is 14.0. The Labute approximate surface area is 127 Å². The van der Waals surface area contributed by atoms with Crippen molar-refractivity contribution in [2.45, 2.75) is 39.7 Å². The van der Waals surface area contributed by atoms with Crippen LogP contribution in [0, 0.1) is 19.7 Å². The van der Waals surface area contributed by atoms with Crippen molar-refractivity contribution in [1.29, 1.82) is 0 Å². The lowest BCUT2D eigenvalue weighted by atomic mass is 9.94. The molecule has 0 aliphatic carbocycles. The molecule has 1 unspecified atom stereocenters. The van der Waals surface area contributed by atoms with Crippen LogP contribution >= 0.6 is 0 Å². The van der Waals surface area contributed by atoms with E-state index in [0.29, 0.717) is 6.04 Å². The number of halogens is 1. The summed E-state index contributed by atoms with van der Waals surface area (Å²) in [5.74, 6) is -0.157. The summed E-state index contributed by atoms with van der Waals surface area (Å²) in [6.07, 6.45) is 1.92. The summed E-state index contributed by atoms with van der Waals surface area (Å²) in [4.78, 5) is 0. The second-order valence-corrected chi connectivity index (χ2v) is 5.66. The van der Waals surface area contributed by atoms with Crippen molar-refractivity contribution in [2.24, 2.45) is 0 Å². The number of hydrogen-bond acceptors (Lipinski definition) is 1. The summed E-state index contributed by atoms with van der Waals surface area (Å²) >= 11 is 0. The van der Waals surface area contributed by atoms with Crippen LogP contribution < -0.4 is 5.32 Å². The molecule has 0 bridgehead atoms. The third-order valence-electron chi connectivity index (χ3n) is 3.99. The second kappa shape index (κ2) is 7.37. The van der Waals surface area contributed by atoms with Gasteiger partial charge in [0.05, 0.1) is 0 Å². The zero-order valence-corrected chi connectivity index (χ0v) is 13.1. The molecule has 2 aromatic carbocycles. The quantitative estimate of drug-likeness (QED) is 0.838. The van der Waals surface area contributed by atoms with Gasteiger partial charge in [0.2, 0.25) is 0 Å². The fourth-order valence-electron chi connectivity index (χ4n) is 2.76. The van der Waals surface area contributed by atoms with E-state index < -0.39 is 0 Å². The molecule has 2 heteroatoms. The van der Waals surface area contributed by atoms with Crippen molar-refractivity contribution in [2.75, 3.05) is 6.54 Å². The van der Waals surface area contributed by atoms with Gasteiger partial charge in [0, 0.05) is 6.04 Å². The van der Waals surface area contributed by atoms with Gasteiger partial charge in [-0.25, -0.2) is 4.39 Å². The maximum absolute atomic E-state index is 13.2. The van der Waals surface area contributed by atoms with Gasteiger partial charge in [0.25, 0.3) is 0 Å². The summed E-state index contributed by atoms with van der Waals surface area (Å²) < 4.78 is 13.2. The number of rotatable bonds is 6. The standard InChI is InChI=1S/C19H24FN/c1-4-21-19(12-16-8-6-5-7-14(16)2)13-17-9-10-18(20)11-15(17)3/h5-11,19,21H,4,12-13H2,1-3H3. The Balaban J connectivity index is 2.14. The number of aryl methyl sites for hydroxylation is 2. The first-order chi connectivity index (χ1) is 10.1. The monoisotopic (exact) mass is 285 g/mol. The number of hydrogen-bond donors (Lipinski definition) is 1. The molecule has 1 N–H and O–H groups in total. The SMILES string of the molecule is CCNC(Cc1ccccc1C)Cc1ccc(F)cc1C. The summed E-state index contributed by atoms with van der Waals surface area (Å²) in [6.45, 7) is 7.20. The average molecular weight is 285 g/mol. The molecule has 0 aromatic heterocycles. The molecule has 2 rings (SSSR count). The van der Waals surface area contributed by atoms with E-state index in [1.807, 2.05) is 13.0 Å². The lowest BCUT2D eigenvalue weighted by molar-refractivity contribution is 0.519. The molecule has 1 atom stereocenters. The van der Waals surface area contributed by atoms with E-state index in [9.17, 15) is 4.39 Å². The van der Waals surface area contributed by atoms with E-state index in [0.717, 1.165) is 24.9 Å². The van der Waals surface area contributed by atoms with E-state index >= 15 is 0 Å². The zero-order chi connectivity index (χ0) is 15.2. The van der Waals surface area contributed by atoms with Crippen LogP contribution in [-0.4, -0.2) is 12.6 Å². The lowest BCUT2D eigenvalue weighted by Gasteiger charge is -2.20. The van der Waals surface area contributed by atoms with Crippen LogP contribution in [0.5, 0.6) is 0 Å². The van der Waals surface area contributed by atoms with Crippen LogP contribution in [0.3, 0.4) is 0 Å². The molecular weight excluding hydrogens is 261 g/mol. The molecule has 0 heterocycles. The molecule has 0 aliphatic heterocycles. The van der Waals surface area contributed by atoms with Gasteiger partial charge in [0.1, 0.15) is 5.82 Å². The van der Waals surface area contributed by atoms with Gasteiger partial charge in [-0.2, -0.15) is 0 Å². The highest BCUT2D eigenvalue weighted by molar-refractivity contribution is 5.30. The Morgan fingerprint density at radius 3 is 2.24 bits per heavy atom. The third-order valence-corrected chi connectivity index (χ3v) is 3.99. The molecule has 21 heavy (non-hydrogen) atoms. The summed E-state index contributed by atoms with van der Waals surface area (Å²) in [7, 11) is 0. The molecule has 0 amide bonds. The van der Waals surface area contributed by atoms with Crippen LogP contribution in [0.1, 0.15) is 29.2 Å². The maximum Gasteiger partial charge on any atom is 0.123 e. The average Bonchev–Trinajstić information content (AvgIpc) is 2.44. The van der Waals surface area contributed by atoms with Crippen LogP contribution in [0.4, 0.5) is 4.39 Å². The van der Waals surface area contributed by atoms with Gasteiger partial charge in [0.15, 0.2) is 0 Å². The molecule has 2 aromatic rings. The predicted molar refractivity (Wildman–Crippen MR) is 87.2 cm³/mol. The first-order valence-electron chi connectivity index (χ1n) is 7.63. The van der Waals surface area contributed by atoms with Crippen molar-refractivity contribution in [3.8, 4) is 0 Å². The predicted octanol–water partition coefficient (Wildman–Crippen LogP) is 4.21. The zero-order valence-electron chi connectivity index (χ0n) is 13.1. The second-order valence-electron chi connectivity index (χ2n) is 5.66. The van der Waals surface area contributed by atoms with Gasteiger partial charge in [-0.15, -0.1) is 0 Å². The Bertz CT molecular complexity index is 592. The molecule has 0 saturated heterocycles. The minimum Gasteiger partial charge on any atom is -0.314 e. The van der Waals surface area contributed by atoms with Crippen LogP contribution in [0.25, 0.3) is 0 Å². The van der Waals surface area contributed by atoms with Crippen LogP contribution in [0.2, 0.25) is 0 Å². The third kappa shape index (κ3) is 4.40. The van der Waals surface area contributed by atoms with Gasteiger partial charge in [-0.1, -0.05) is 37.3 Å². The number of nitrogens with one attached hydrogen (secondary N) is 1. The van der Waals surface area contributed by atoms with Crippen molar-refractivity contribution in [3.05, 3.63) is 70.5 Å². The minimum absolute atomic E-state index is 0.157. The molecule has 0 radical (unpaired) electrons. The summed E-state index contributed by atoms with van der Waals surface area (Å²) in [5, 5.41) is 3.55. The van der Waals surface area contributed by atoms with E-state index in [1.54, 1.807) is 12.1 Å². The van der Waals surface area contributed by atoms with Crippen molar-refractivity contribution in [1.82, 2.24) is 5.32 Å². The first-order valence-corrected chi connectivity index (χ1v) is 7.63. The molecule has 0 saturated carbocycles. The Hall–Kier alpha value is -1.67. The normalized spacial score (nSPS) is 12.4. The summed E-state index contributed by atoms with van der Waals surface area (Å²) in [5.41, 5.74) is 4.96. The smallest absolute Gasteiger partial charge is 0.123 e. The van der Waals surface area contributed by atoms with Crippen LogP contribution in [0.15, 0.2) is 42.5 Å². The van der Waals surface area contributed by atoms with Gasteiger partial charge >= 0.3 is 0 Å². The topological polar surface area (TPSA) is 12.0 Å². The molecule has 112 valence electrons. The maximum atomic E-state index is 13.2. The molecule has 1 nitrogen and oxygen atoms in total. The van der Waals surface area contributed by atoms with E-state index in [-0.39, 0.29) is 5.82 Å². The molecule has 0 fully saturated rings. The molecule has 0 spiro atoms. The van der Waals surface area contributed by atoms with E-state index in [1.165, 1.54) is 16.7 Å². The van der Waals surface area contributed by atoms with Gasteiger partial charge in [-0.05, 0) is 67.6 Å². The highest BCUT2D eigenvalue weighted by Crippen LogP contribution is 2.16. The molecule has 0 aliphatic rings. The lowest BCUT2D eigenvalue weighted by Crippen LogP contribution is -2.33. The van der Waals surface area contributed by atoms with Crippen molar-refractivity contribution >= 4 is 0 Å². The number of benzene rings is 2. The van der Waals surface area contributed by atoms with Crippen molar-refractivity contribution < 1.29 is 4.39 Å². The van der Waals surface area contributed by atoms with Gasteiger partial charge in [-0.3, -0.25) is 0 Å². The van der Waals surface area contributed by atoms with Crippen LogP contribution in [-0.2, 0) is 12.8 Å². The van der Waals surface area contributed by atoms with Gasteiger partial charge < -0.3 is 5.32 Å². The van der Waals surface area contributed by atoms with Crippen molar-refractivity contribution in [3.63, 3.8) is 0 Å². The fourth-order valence-corrected chi connectivity index (χ4v) is 2.76. The Morgan fingerprint density at radius 1 is 0.952 bits per heavy atom. The highest BCUT2D eigenvalue weighted by atomic mass is 19.1. The Morgan fingerprint density at radius 2 is 1.62 bits per heavy atom. The largest absolute Gasteiger partial charge is 0.314 e. The number of likely N-dealkylation sites (N-methyl/N-ethyl adjacent to an activating group) is 1. The van der Waals surface area contributed by atoms with E-state index in [2.05, 4.69) is 43.4 Å². The highest BCUT2D eigenvalue weighted by Gasteiger charge is 2.12. The Kier molecular flexibility index (Phi) is 5.51.